The highest BCUT2D eigenvalue weighted by Gasteiger charge is 2.93. The molecule has 0 radical (unpaired) electrons. The molecule has 3 saturated heterocycles. The smallest absolute Gasteiger partial charge is 0.309 e. The molecule has 5 rings (SSSR count). The van der Waals surface area contributed by atoms with E-state index in [4.69, 9.17) is 18.9 Å². The topological polar surface area (TPSA) is 97.9 Å². The maximum Gasteiger partial charge on any atom is 0.309 e. The Morgan fingerprint density at radius 2 is 2.04 bits per heavy atom. The predicted molar refractivity (Wildman–Crippen MR) is 91.5 cm³/mol. The molecule has 5 fully saturated rings. The third-order valence-electron chi connectivity index (χ3n) is 7.99. The van der Waals surface area contributed by atoms with Gasteiger partial charge in [-0.15, -0.1) is 0 Å². The van der Waals surface area contributed by atoms with E-state index in [0.29, 0.717) is 6.42 Å². The molecule has 3 aliphatic heterocycles. The zero-order valence-corrected chi connectivity index (χ0v) is 16.4. The number of epoxide rings is 2. The Labute approximate surface area is 158 Å². The van der Waals surface area contributed by atoms with Crippen molar-refractivity contribution in [3.8, 4) is 0 Å². The molecule has 2 aliphatic carbocycles. The fourth-order valence-corrected chi connectivity index (χ4v) is 6.15. The average Bonchev–Trinajstić information content (AvgIpc) is 3.45. The molecule has 3 heterocycles. The molecule has 27 heavy (non-hydrogen) atoms. The van der Waals surface area contributed by atoms with Crippen molar-refractivity contribution in [1.82, 2.24) is 0 Å². The zero-order chi connectivity index (χ0) is 19.5. The molecule has 0 amide bonds. The molecule has 7 heteroatoms. The second kappa shape index (κ2) is 5.05. The number of carbonyl (C=O) groups is 2. The van der Waals surface area contributed by atoms with Crippen molar-refractivity contribution in [3.63, 3.8) is 0 Å². The number of rotatable bonds is 3. The molecule has 150 valence electrons. The van der Waals surface area contributed by atoms with Crippen molar-refractivity contribution in [2.75, 3.05) is 0 Å². The molecule has 2 saturated carbocycles. The molecule has 11 atom stereocenters. The number of hydrogen-bond acceptors (Lipinski definition) is 7. The Kier molecular flexibility index (Phi) is 3.34. The summed E-state index contributed by atoms with van der Waals surface area (Å²) in [6.45, 7) is 9.34. The monoisotopic (exact) mass is 380 g/mol. The maximum atomic E-state index is 12.5. The minimum absolute atomic E-state index is 0.0663. The van der Waals surface area contributed by atoms with E-state index < -0.39 is 34.9 Å². The first-order valence-corrected chi connectivity index (χ1v) is 10.1. The Morgan fingerprint density at radius 3 is 2.70 bits per heavy atom. The summed E-state index contributed by atoms with van der Waals surface area (Å²) in [5.41, 5.74) is -2.45. The van der Waals surface area contributed by atoms with Crippen LogP contribution in [-0.2, 0) is 28.5 Å². The molecule has 0 aromatic carbocycles. The van der Waals surface area contributed by atoms with Gasteiger partial charge in [0.25, 0.3) is 0 Å². The number of aliphatic hydroxyl groups is 1. The Bertz CT molecular complexity index is 719. The van der Waals surface area contributed by atoms with Crippen molar-refractivity contribution < 1.29 is 33.6 Å². The van der Waals surface area contributed by atoms with Crippen LogP contribution in [0.25, 0.3) is 0 Å². The van der Waals surface area contributed by atoms with Gasteiger partial charge in [-0.1, -0.05) is 20.8 Å². The van der Waals surface area contributed by atoms with E-state index in [-0.39, 0.29) is 48.3 Å². The highest BCUT2D eigenvalue weighted by molar-refractivity contribution is 5.76. The average molecular weight is 380 g/mol. The number of ether oxygens (including phenoxy) is 4. The molecule has 0 bridgehead atoms. The second-order valence-electron chi connectivity index (χ2n) is 9.56. The third-order valence-corrected chi connectivity index (χ3v) is 7.99. The van der Waals surface area contributed by atoms with Crippen molar-refractivity contribution in [1.29, 1.82) is 0 Å². The van der Waals surface area contributed by atoms with Gasteiger partial charge < -0.3 is 24.1 Å². The molecular weight excluding hydrogens is 352 g/mol. The minimum atomic E-state index is -1.20. The van der Waals surface area contributed by atoms with Gasteiger partial charge in [-0.05, 0) is 20.3 Å². The summed E-state index contributed by atoms with van der Waals surface area (Å²) >= 11 is 0. The molecule has 1 N–H and O–H groups in total. The number of carbonyl (C=O) groups excluding carboxylic acids is 2. The van der Waals surface area contributed by atoms with E-state index in [9.17, 15) is 14.7 Å². The summed E-state index contributed by atoms with van der Waals surface area (Å²) in [7, 11) is 0. The Balaban J connectivity index is 1.55. The van der Waals surface area contributed by atoms with Gasteiger partial charge in [-0.25, -0.2) is 0 Å². The molecular formula is C20H28O7. The van der Waals surface area contributed by atoms with Crippen LogP contribution in [-0.4, -0.2) is 58.3 Å². The maximum absolute atomic E-state index is 12.5. The van der Waals surface area contributed by atoms with E-state index >= 15 is 0 Å². The van der Waals surface area contributed by atoms with Gasteiger partial charge in [-0.2, -0.15) is 0 Å². The summed E-state index contributed by atoms with van der Waals surface area (Å²) < 4.78 is 23.7. The Morgan fingerprint density at radius 1 is 1.33 bits per heavy atom. The number of fused-ring (bicyclic) bond motifs is 5. The van der Waals surface area contributed by atoms with Crippen LogP contribution in [0.2, 0.25) is 0 Å². The van der Waals surface area contributed by atoms with E-state index in [1.165, 1.54) is 0 Å². The Hall–Kier alpha value is -1.18. The van der Waals surface area contributed by atoms with Gasteiger partial charge in [-0.3, -0.25) is 9.59 Å². The van der Waals surface area contributed by atoms with Gasteiger partial charge in [0.2, 0.25) is 0 Å². The number of esters is 2. The standard InChI is InChI=1S/C20H28O7/c1-6-8(2)16(21)24-10-7-18(4,23)20-13(12-11(10)9(3)17(22)25-12)19(5)14(26-19)15(20)27-20/h8-15,23H,6-7H2,1-5H3/t8?,9-,10-,11+,12-,13-,14-,15+,18+,19+,20-/m0/s1. The van der Waals surface area contributed by atoms with Gasteiger partial charge in [0.1, 0.15) is 35.6 Å². The summed E-state index contributed by atoms with van der Waals surface area (Å²) in [4.78, 5) is 25.0. The molecule has 5 aliphatic rings. The molecule has 0 aromatic heterocycles. The summed E-state index contributed by atoms with van der Waals surface area (Å²) in [5.74, 6) is -1.80. The van der Waals surface area contributed by atoms with Crippen LogP contribution in [0.3, 0.4) is 0 Å². The van der Waals surface area contributed by atoms with Crippen LogP contribution in [0.4, 0.5) is 0 Å². The van der Waals surface area contributed by atoms with E-state index in [1.807, 2.05) is 27.7 Å². The SMILES string of the molecule is CCC(C)C(=O)O[C@H]1C[C@@](C)(O)[C@@]23O[C@@H]2[C@@H]2O[C@]2(C)[C@@H]3[C@H]2OC(=O)[C@@H](C)[C@@H]21. The lowest BCUT2D eigenvalue weighted by Gasteiger charge is -2.36. The molecule has 0 aromatic rings. The van der Waals surface area contributed by atoms with Crippen molar-refractivity contribution in [2.24, 2.45) is 23.7 Å². The van der Waals surface area contributed by atoms with Crippen LogP contribution in [0.1, 0.15) is 47.5 Å². The normalized spacial score (nSPS) is 58.1. The van der Waals surface area contributed by atoms with Crippen LogP contribution in [0.15, 0.2) is 0 Å². The second-order valence-corrected chi connectivity index (χ2v) is 9.56. The largest absolute Gasteiger partial charge is 0.462 e. The highest BCUT2D eigenvalue weighted by Crippen LogP contribution is 2.75. The van der Waals surface area contributed by atoms with Gasteiger partial charge in [0, 0.05) is 12.3 Å². The quantitative estimate of drug-likeness (QED) is 0.580. The van der Waals surface area contributed by atoms with Gasteiger partial charge in [0.05, 0.1) is 23.4 Å². The third kappa shape index (κ3) is 1.98. The first-order chi connectivity index (χ1) is 12.6. The van der Waals surface area contributed by atoms with E-state index in [2.05, 4.69) is 0 Å². The molecule has 7 nitrogen and oxygen atoms in total. The summed E-state index contributed by atoms with van der Waals surface area (Å²) in [6, 6.07) is 0. The fourth-order valence-electron chi connectivity index (χ4n) is 6.15. The van der Waals surface area contributed by atoms with Crippen molar-refractivity contribution >= 4 is 11.9 Å². The first-order valence-electron chi connectivity index (χ1n) is 10.1. The van der Waals surface area contributed by atoms with E-state index in [0.717, 1.165) is 0 Å². The summed E-state index contributed by atoms with van der Waals surface area (Å²) in [5, 5.41) is 11.5. The van der Waals surface area contributed by atoms with Gasteiger partial charge >= 0.3 is 11.9 Å². The van der Waals surface area contributed by atoms with Crippen LogP contribution in [0.5, 0.6) is 0 Å². The van der Waals surface area contributed by atoms with Crippen LogP contribution < -0.4 is 0 Å². The lowest BCUT2D eigenvalue weighted by atomic mass is 9.73. The highest BCUT2D eigenvalue weighted by atomic mass is 16.7. The zero-order valence-electron chi connectivity index (χ0n) is 16.4. The molecule has 1 unspecified atom stereocenters. The minimum Gasteiger partial charge on any atom is -0.462 e. The lowest BCUT2D eigenvalue weighted by molar-refractivity contribution is -0.161. The van der Waals surface area contributed by atoms with Gasteiger partial charge in [0.15, 0.2) is 0 Å². The first kappa shape index (κ1) is 17.9. The van der Waals surface area contributed by atoms with Crippen molar-refractivity contribution in [2.45, 2.75) is 88.7 Å². The number of hydrogen-bond donors (Lipinski definition) is 1. The van der Waals surface area contributed by atoms with Crippen LogP contribution >= 0.6 is 0 Å². The predicted octanol–water partition coefficient (Wildman–Crippen LogP) is 1.20. The van der Waals surface area contributed by atoms with Crippen molar-refractivity contribution in [3.05, 3.63) is 0 Å². The van der Waals surface area contributed by atoms with Crippen LogP contribution in [0, 0.1) is 23.7 Å². The van der Waals surface area contributed by atoms with E-state index in [1.54, 1.807) is 6.92 Å². The lowest BCUT2D eigenvalue weighted by Crippen LogP contribution is -2.53. The molecule has 1 spiro atoms. The summed E-state index contributed by atoms with van der Waals surface area (Å²) in [6.07, 6.45) is -0.443. The fraction of sp³-hybridized carbons (Fsp3) is 0.900.